The Kier molecular flexibility index (Phi) is 5.55. The van der Waals surface area contributed by atoms with Gasteiger partial charge in [-0.2, -0.15) is 5.26 Å². The molecule has 1 N–H and O–H groups in total. The molecule has 3 aromatic rings. The Labute approximate surface area is 171 Å². The summed E-state index contributed by atoms with van der Waals surface area (Å²) >= 11 is 12.0. The fraction of sp³-hybridized carbons (Fsp3) is 0.0952. The van der Waals surface area contributed by atoms with Crippen LogP contribution < -0.4 is 5.56 Å². The number of nitriles is 1. The summed E-state index contributed by atoms with van der Waals surface area (Å²) in [5, 5.41) is 21.1. The number of aromatic hydroxyl groups is 1. The Balaban J connectivity index is 2.22. The van der Waals surface area contributed by atoms with Gasteiger partial charge >= 0.3 is 0 Å². The summed E-state index contributed by atoms with van der Waals surface area (Å²) in [6, 6.07) is 14.8. The van der Waals surface area contributed by atoms with Crippen molar-refractivity contribution in [3.63, 3.8) is 0 Å². The van der Waals surface area contributed by atoms with Gasteiger partial charge in [-0.05, 0) is 48.4 Å². The van der Waals surface area contributed by atoms with Crippen molar-refractivity contribution < 1.29 is 9.90 Å². The molecule has 5 nitrogen and oxygen atoms in total. The topological polar surface area (TPSA) is 83.1 Å². The molecule has 28 heavy (non-hydrogen) atoms. The second-order valence-corrected chi connectivity index (χ2v) is 6.97. The van der Waals surface area contributed by atoms with E-state index in [1.165, 1.54) is 19.1 Å². The second kappa shape index (κ2) is 7.89. The van der Waals surface area contributed by atoms with Crippen molar-refractivity contribution in [1.29, 1.82) is 5.26 Å². The Morgan fingerprint density at radius 2 is 1.79 bits per heavy atom. The summed E-state index contributed by atoms with van der Waals surface area (Å²) < 4.78 is 0.982. The zero-order valence-electron chi connectivity index (χ0n) is 14.7. The quantitative estimate of drug-likeness (QED) is 0.646. The third-order valence-corrected chi connectivity index (χ3v) is 5.04. The molecule has 0 atom stereocenters. The number of aromatic nitrogens is 1. The number of nitrogens with zero attached hydrogens (tertiary/aromatic N) is 2. The summed E-state index contributed by atoms with van der Waals surface area (Å²) in [7, 11) is 0. The maximum absolute atomic E-state index is 13.0. The summed E-state index contributed by atoms with van der Waals surface area (Å²) in [5.41, 5.74) is -0.0352. The van der Waals surface area contributed by atoms with Crippen LogP contribution in [0.15, 0.2) is 53.3 Å². The minimum absolute atomic E-state index is 0.0831. The summed E-state index contributed by atoms with van der Waals surface area (Å²) in [6.07, 6.45) is 0. The van der Waals surface area contributed by atoms with Crippen LogP contribution in [0.3, 0.4) is 0 Å². The van der Waals surface area contributed by atoms with E-state index in [0.29, 0.717) is 15.6 Å². The predicted molar refractivity (Wildman–Crippen MR) is 107 cm³/mol. The second-order valence-electron chi connectivity index (χ2n) is 6.13. The van der Waals surface area contributed by atoms with Gasteiger partial charge in [-0.3, -0.25) is 14.2 Å². The fourth-order valence-electron chi connectivity index (χ4n) is 2.91. The van der Waals surface area contributed by atoms with Crippen molar-refractivity contribution in [3.05, 3.63) is 96.7 Å². The van der Waals surface area contributed by atoms with Crippen LogP contribution >= 0.6 is 23.2 Å². The van der Waals surface area contributed by atoms with Gasteiger partial charge in [-0.1, -0.05) is 41.4 Å². The maximum Gasteiger partial charge on any atom is 0.271 e. The molecule has 7 heteroatoms. The van der Waals surface area contributed by atoms with Gasteiger partial charge in [0.25, 0.3) is 5.56 Å². The van der Waals surface area contributed by atoms with Crippen LogP contribution in [0.4, 0.5) is 0 Å². The molecule has 0 unspecified atom stereocenters. The van der Waals surface area contributed by atoms with Gasteiger partial charge in [0.2, 0.25) is 5.88 Å². The Morgan fingerprint density at radius 3 is 2.39 bits per heavy atom. The highest BCUT2D eigenvalue weighted by Gasteiger charge is 2.25. The average molecular weight is 413 g/mol. The predicted octanol–water partition coefficient (Wildman–Crippen LogP) is 4.32. The van der Waals surface area contributed by atoms with Crippen molar-refractivity contribution in [2.24, 2.45) is 0 Å². The van der Waals surface area contributed by atoms with E-state index in [1.54, 1.807) is 36.4 Å². The minimum atomic E-state index is -0.690. The summed E-state index contributed by atoms with van der Waals surface area (Å²) in [6.45, 7) is 1.38. The molecule has 1 aromatic heterocycles. The molecule has 3 rings (SSSR count). The molecule has 0 saturated carbocycles. The first-order chi connectivity index (χ1) is 13.3. The summed E-state index contributed by atoms with van der Waals surface area (Å²) in [5.74, 6) is -1.03. The lowest BCUT2D eigenvalue weighted by Crippen LogP contribution is -2.27. The van der Waals surface area contributed by atoms with Crippen LogP contribution in [-0.4, -0.2) is 15.5 Å². The number of ketones is 1. The fourth-order valence-corrected chi connectivity index (χ4v) is 3.23. The highest BCUT2D eigenvalue weighted by Crippen LogP contribution is 2.27. The zero-order valence-corrected chi connectivity index (χ0v) is 16.3. The molecule has 0 spiro atoms. The number of rotatable bonds is 4. The Morgan fingerprint density at radius 1 is 1.14 bits per heavy atom. The number of hydrogen-bond donors (Lipinski definition) is 1. The Bertz CT molecular complexity index is 1180. The highest BCUT2D eigenvalue weighted by atomic mass is 35.5. The number of hydrogen-bond acceptors (Lipinski definition) is 4. The third-order valence-electron chi connectivity index (χ3n) is 4.42. The summed E-state index contributed by atoms with van der Waals surface area (Å²) in [4.78, 5) is 25.7. The molecule has 0 bridgehead atoms. The highest BCUT2D eigenvalue weighted by molar-refractivity contribution is 6.31. The first-order valence-corrected chi connectivity index (χ1v) is 9.01. The maximum atomic E-state index is 13.0. The lowest BCUT2D eigenvalue weighted by molar-refractivity contribution is 0.103. The van der Waals surface area contributed by atoms with E-state index in [-0.39, 0.29) is 28.8 Å². The molecule has 0 aliphatic carbocycles. The molecular weight excluding hydrogens is 399 g/mol. The lowest BCUT2D eigenvalue weighted by Gasteiger charge is -2.16. The van der Waals surface area contributed by atoms with Crippen LogP contribution in [0.25, 0.3) is 0 Å². The van der Waals surface area contributed by atoms with E-state index in [4.69, 9.17) is 23.2 Å². The number of halogens is 2. The van der Waals surface area contributed by atoms with Gasteiger partial charge < -0.3 is 5.11 Å². The van der Waals surface area contributed by atoms with E-state index in [1.807, 2.05) is 6.07 Å². The molecule has 1 heterocycles. The van der Waals surface area contributed by atoms with Gasteiger partial charge in [0.1, 0.15) is 11.6 Å². The molecule has 0 aliphatic rings. The Hall–Kier alpha value is -3.07. The van der Waals surface area contributed by atoms with Crippen molar-refractivity contribution in [3.8, 4) is 11.9 Å². The van der Waals surface area contributed by atoms with E-state index in [0.717, 1.165) is 4.57 Å². The molecular formula is C21H14Cl2N2O3. The van der Waals surface area contributed by atoms with E-state index in [9.17, 15) is 20.0 Å². The molecule has 2 aromatic carbocycles. The van der Waals surface area contributed by atoms with E-state index >= 15 is 0 Å². The largest absolute Gasteiger partial charge is 0.494 e. The van der Waals surface area contributed by atoms with Crippen molar-refractivity contribution >= 4 is 29.0 Å². The molecule has 0 fully saturated rings. The first kappa shape index (κ1) is 19.7. The number of benzene rings is 2. The smallest absolute Gasteiger partial charge is 0.271 e. The normalized spacial score (nSPS) is 10.5. The van der Waals surface area contributed by atoms with Gasteiger partial charge in [0, 0.05) is 15.6 Å². The molecule has 140 valence electrons. The SMILES string of the molecule is Cc1c(C(=O)c2ccc(Cl)cc2)c(O)n(Cc2ccccc2Cl)c(=O)c1C#N. The van der Waals surface area contributed by atoms with Crippen LogP contribution in [0.5, 0.6) is 5.88 Å². The standard InChI is InChI=1S/C21H14Cl2N2O3/c1-12-16(10-24)20(27)25(11-14-4-2-3-5-17(14)23)21(28)18(12)19(26)13-6-8-15(22)9-7-13/h2-9,28H,11H2,1H3. The number of carbonyl (C=O) groups is 1. The van der Waals surface area contributed by atoms with Crippen molar-refractivity contribution in [2.75, 3.05) is 0 Å². The third kappa shape index (κ3) is 3.53. The van der Waals surface area contributed by atoms with Crippen LogP contribution in [0.1, 0.15) is 32.6 Å². The van der Waals surface area contributed by atoms with Crippen LogP contribution in [0.2, 0.25) is 10.0 Å². The number of pyridine rings is 1. The molecule has 0 aliphatic heterocycles. The van der Waals surface area contributed by atoms with Crippen molar-refractivity contribution in [2.45, 2.75) is 13.5 Å². The zero-order chi connectivity index (χ0) is 20.4. The lowest BCUT2D eigenvalue weighted by atomic mass is 9.97. The van der Waals surface area contributed by atoms with Crippen LogP contribution in [0, 0.1) is 18.3 Å². The van der Waals surface area contributed by atoms with E-state index < -0.39 is 17.2 Å². The number of carbonyl (C=O) groups excluding carboxylic acids is 1. The molecule has 0 amide bonds. The van der Waals surface area contributed by atoms with E-state index in [2.05, 4.69) is 0 Å². The van der Waals surface area contributed by atoms with Crippen LogP contribution in [-0.2, 0) is 6.54 Å². The van der Waals surface area contributed by atoms with Crippen molar-refractivity contribution in [1.82, 2.24) is 4.57 Å². The van der Waals surface area contributed by atoms with Gasteiger partial charge in [0.15, 0.2) is 5.78 Å². The molecule has 0 saturated heterocycles. The van der Waals surface area contributed by atoms with Gasteiger partial charge in [-0.15, -0.1) is 0 Å². The first-order valence-electron chi connectivity index (χ1n) is 8.25. The van der Waals surface area contributed by atoms with Gasteiger partial charge in [-0.25, -0.2) is 0 Å². The monoisotopic (exact) mass is 412 g/mol. The minimum Gasteiger partial charge on any atom is -0.494 e. The molecule has 0 radical (unpaired) electrons. The average Bonchev–Trinajstić information content (AvgIpc) is 2.67. The van der Waals surface area contributed by atoms with Gasteiger partial charge in [0.05, 0.1) is 12.1 Å².